The molecule has 1 amide bonds. The van der Waals surface area contributed by atoms with Crippen molar-refractivity contribution in [1.82, 2.24) is 19.8 Å². The molecular weight excluding hydrogens is 388 g/mol. The van der Waals surface area contributed by atoms with Crippen LogP contribution in [0.3, 0.4) is 0 Å². The summed E-state index contributed by atoms with van der Waals surface area (Å²) in [6, 6.07) is 16.3. The Labute approximate surface area is 183 Å². The van der Waals surface area contributed by atoms with Crippen LogP contribution in [0.1, 0.15) is 11.1 Å². The number of amides is 1. The Morgan fingerprint density at radius 3 is 2.58 bits per heavy atom. The minimum atomic E-state index is -0.914. The summed E-state index contributed by atoms with van der Waals surface area (Å²) in [5, 5.41) is 0. The molecule has 1 fully saturated rings. The largest absolute Gasteiger partial charge is 0.362 e. The highest BCUT2D eigenvalue weighted by atomic mass is 16.5. The standard InChI is InChI=1S/C25H28N4O2/c1-28(2)24(30)25(19-29(13-14-31-25)18-20-8-11-26-12-9-20)16-21-5-3-6-22(15-21)23-7-4-10-27-17-23/h3-12,15,17H,13-14,16,18-19H2,1-2H3. The molecule has 2 aromatic heterocycles. The summed E-state index contributed by atoms with van der Waals surface area (Å²) >= 11 is 0. The van der Waals surface area contributed by atoms with Crippen LogP contribution in [0.4, 0.5) is 0 Å². The monoisotopic (exact) mass is 416 g/mol. The van der Waals surface area contributed by atoms with E-state index in [0.717, 1.165) is 29.8 Å². The molecule has 1 unspecified atom stereocenters. The van der Waals surface area contributed by atoms with Crippen molar-refractivity contribution in [3.05, 3.63) is 84.4 Å². The molecule has 6 nitrogen and oxygen atoms in total. The van der Waals surface area contributed by atoms with Crippen LogP contribution in [0, 0.1) is 0 Å². The zero-order chi connectivity index (χ0) is 21.7. The van der Waals surface area contributed by atoms with Gasteiger partial charge in [0.1, 0.15) is 0 Å². The van der Waals surface area contributed by atoms with Crippen LogP contribution >= 0.6 is 0 Å². The summed E-state index contributed by atoms with van der Waals surface area (Å²) in [5.74, 6) is -0.00120. The number of hydrogen-bond acceptors (Lipinski definition) is 5. The second-order valence-electron chi connectivity index (χ2n) is 8.23. The Kier molecular flexibility index (Phi) is 6.39. The Bertz CT molecular complexity index is 1010. The van der Waals surface area contributed by atoms with Gasteiger partial charge < -0.3 is 9.64 Å². The van der Waals surface area contributed by atoms with E-state index in [0.29, 0.717) is 19.6 Å². The fourth-order valence-electron chi connectivity index (χ4n) is 4.18. The van der Waals surface area contributed by atoms with E-state index in [1.807, 2.05) is 36.5 Å². The Morgan fingerprint density at radius 2 is 1.84 bits per heavy atom. The first-order valence-electron chi connectivity index (χ1n) is 10.5. The molecule has 3 heterocycles. The highest BCUT2D eigenvalue weighted by Crippen LogP contribution is 2.28. The lowest BCUT2D eigenvalue weighted by Crippen LogP contribution is -2.60. The summed E-state index contributed by atoms with van der Waals surface area (Å²) < 4.78 is 6.25. The highest BCUT2D eigenvalue weighted by Gasteiger charge is 2.44. The minimum absolute atomic E-state index is 0.00120. The van der Waals surface area contributed by atoms with Gasteiger partial charge in [-0.2, -0.15) is 0 Å². The van der Waals surface area contributed by atoms with E-state index < -0.39 is 5.60 Å². The fraction of sp³-hybridized carbons (Fsp3) is 0.320. The number of aromatic nitrogens is 2. The molecule has 0 aliphatic carbocycles. The normalized spacial score (nSPS) is 19.2. The molecule has 1 atom stereocenters. The van der Waals surface area contributed by atoms with Crippen LogP contribution in [0.15, 0.2) is 73.3 Å². The number of hydrogen-bond donors (Lipinski definition) is 0. The maximum atomic E-state index is 13.3. The third-order valence-corrected chi connectivity index (χ3v) is 5.63. The third kappa shape index (κ3) is 4.98. The minimum Gasteiger partial charge on any atom is -0.362 e. The van der Waals surface area contributed by atoms with E-state index >= 15 is 0 Å². The SMILES string of the molecule is CN(C)C(=O)C1(Cc2cccc(-c3cccnc3)c2)CN(Cc2ccncc2)CCO1. The van der Waals surface area contributed by atoms with Gasteiger partial charge in [-0.15, -0.1) is 0 Å². The molecule has 4 rings (SSSR count). The number of pyridine rings is 2. The van der Waals surface area contributed by atoms with Crippen LogP contribution < -0.4 is 0 Å². The highest BCUT2D eigenvalue weighted by molar-refractivity contribution is 5.86. The van der Waals surface area contributed by atoms with Crippen molar-refractivity contribution in [2.75, 3.05) is 33.8 Å². The van der Waals surface area contributed by atoms with E-state index in [2.05, 4.69) is 33.1 Å². The molecule has 6 heteroatoms. The van der Waals surface area contributed by atoms with Crippen molar-refractivity contribution in [3.8, 4) is 11.1 Å². The average Bonchev–Trinajstić information content (AvgIpc) is 2.80. The fourth-order valence-corrected chi connectivity index (χ4v) is 4.18. The van der Waals surface area contributed by atoms with Gasteiger partial charge >= 0.3 is 0 Å². The van der Waals surface area contributed by atoms with Crippen LogP contribution in [-0.2, 0) is 22.5 Å². The number of benzene rings is 1. The molecule has 160 valence electrons. The van der Waals surface area contributed by atoms with Crippen LogP contribution in [-0.4, -0.2) is 65.1 Å². The molecule has 0 radical (unpaired) electrons. The first-order valence-corrected chi connectivity index (χ1v) is 10.5. The summed E-state index contributed by atoms with van der Waals surface area (Å²) in [7, 11) is 3.59. The molecule has 0 N–H and O–H groups in total. The van der Waals surface area contributed by atoms with Crippen LogP contribution in [0.2, 0.25) is 0 Å². The lowest BCUT2D eigenvalue weighted by atomic mass is 9.89. The number of rotatable bonds is 6. The lowest BCUT2D eigenvalue weighted by molar-refractivity contribution is -0.169. The van der Waals surface area contributed by atoms with Crippen molar-refractivity contribution < 1.29 is 9.53 Å². The molecule has 31 heavy (non-hydrogen) atoms. The van der Waals surface area contributed by atoms with Gasteiger partial charge in [0.25, 0.3) is 5.91 Å². The van der Waals surface area contributed by atoms with Gasteiger partial charge in [0, 0.05) is 64.9 Å². The predicted octanol–water partition coefficient (Wildman–Crippen LogP) is 3.05. The molecule has 1 saturated heterocycles. The molecule has 0 saturated carbocycles. The molecule has 1 aliphatic rings. The first kappa shape index (κ1) is 21.2. The summed E-state index contributed by atoms with van der Waals surface area (Å²) in [4.78, 5) is 25.6. The smallest absolute Gasteiger partial charge is 0.255 e. The van der Waals surface area contributed by atoms with Crippen LogP contribution in [0.25, 0.3) is 11.1 Å². The van der Waals surface area contributed by atoms with E-state index in [9.17, 15) is 4.79 Å². The zero-order valence-corrected chi connectivity index (χ0v) is 18.1. The van der Waals surface area contributed by atoms with Crippen molar-refractivity contribution in [2.45, 2.75) is 18.6 Å². The summed E-state index contributed by atoms with van der Waals surface area (Å²) in [6.45, 7) is 2.63. The van der Waals surface area contributed by atoms with E-state index in [-0.39, 0.29) is 5.91 Å². The topological polar surface area (TPSA) is 58.6 Å². The van der Waals surface area contributed by atoms with Crippen molar-refractivity contribution in [2.24, 2.45) is 0 Å². The number of ether oxygens (including phenoxy) is 1. The number of carbonyl (C=O) groups excluding carboxylic acids is 1. The molecule has 3 aromatic rings. The number of nitrogens with zero attached hydrogens (tertiary/aromatic N) is 4. The molecule has 0 spiro atoms. The number of morpholine rings is 1. The lowest BCUT2D eigenvalue weighted by Gasteiger charge is -2.43. The summed E-state index contributed by atoms with van der Waals surface area (Å²) in [5.41, 5.74) is 3.48. The summed E-state index contributed by atoms with van der Waals surface area (Å²) in [6.07, 6.45) is 7.75. The predicted molar refractivity (Wildman–Crippen MR) is 120 cm³/mol. The Morgan fingerprint density at radius 1 is 1.03 bits per heavy atom. The zero-order valence-electron chi connectivity index (χ0n) is 18.1. The Hall–Kier alpha value is -3.09. The van der Waals surface area contributed by atoms with Crippen LogP contribution in [0.5, 0.6) is 0 Å². The number of likely N-dealkylation sites (N-methyl/N-ethyl adjacent to an activating group) is 1. The quantitative estimate of drug-likeness (QED) is 0.618. The van der Waals surface area contributed by atoms with Gasteiger partial charge in [0.05, 0.1) is 6.61 Å². The van der Waals surface area contributed by atoms with E-state index in [1.165, 1.54) is 5.56 Å². The average molecular weight is 417 g/mol. The molecular formula is C25H28N4O2. The van der Waals surface area contributed by atoms with Gasteiger partial charge in [-0.05, 0) is 40.5 Å². The molecule has 0 bridgehead atoms. The van der Waals surface area contributed by atoms with Gasteiger partial charge in [-0.3, -0.25) is 19.7 Å². The third-order valence-electron chi connectivity index (χ3n) is 5.63. The second kappa shape index (κ2) is 9.37. The van der Waals surface area contributed by atoms with E-state index in [4.69, 9.17) is 4.74 Å². The van der Waals surface area contributed by atoms with Gasteiger partial charge in [-0.25, -0.2) is 0 Å². The maximum absolute atomic E-state index is 13.3. The molecule has 1 aromatic carbocycles. The van der Waals surface area contributed by atoms with Crippen molar-refractivity contribution >= 4 is 5.91 Å². The van der Waals surface area contributed by atoms with Gasteiger partial charge in [0.2, 0.25) is 0 Å². The first-order chi connectivity index (χ1) is 15.1. The molecule has 1 aliphatic heterocycles. The Balaban J connectivity index is 1.60. The van der Waals surface area contributed by atoms with Crippen molar-refractivity contribution in [1.29, 1.82) is 0 Å². The number of carbonyl (C=O) groups is 1. The van der Waals surface area contributed by atoms with Crippen molar-refractivity contribution in [3.63, 3.8) is 0 Å². The van der Waals surface area contributed by atoms with Gasteiger partial charge in [0.15, 0.2) is 5.60 Å². The van der Waals surface area contributed by atoms with E-state index in [1.54, 1.807) is 37.6 Å². The maximum Gasteiger partial charge on any atom is 0.255 e. The second-order valence-corrected chi connectivity index (χ2v) is 8.23. The van der Waals surface area contributed by atoms with Gasteiger partial charge in [-0.1, -0.05) is 30.3 Å².